The Hall–Kier alpha value is -2.07. The first-order valence-electron chi connectivity index (χ1n) is 6.31. The molecule has 3 rings (SSSR count). The lowest BCUT2D eigenvalue weighted by Gasteiger charge is -2.25. The van der Waals surface area contributed by atoms with Gasteiger partial charge in [0.05, 0.1) is 36.2 Å². The molecule has 3 aromatic heterocycles. The Balaban J connectivity index is 2.18. The van der Waals surface area contributed by atoms with Gasteiger partial charge in [0, 0.05) is 6.20 Å². The number of hydrogen-bond donors (Lipinski definition) is 1. The molecule has 0 saturated carbocycles. The topological polar surface area (TPSA) is 76.2 Å². The highest BCUT2D eigenvalue weighted by molar-refractivity contribution is 9.10. The summed E-state index contributed by atoms with van der Waals surface area (Å²) in [5.41, 5.74) is -2.46. The molecule has 6 nitrogen and oxygen atoms in total. The maximum atomic E-state index is 13.0. The van der Waals surface area contributed by atoms with Gasteiger partial charge in [0.25, 0.3) is 0 Å². The van der Waals surface area contributed by atoms with Gasteiger partial charge in [-0.05, 0) is 22.9 Å². The van der Waals surface area contributed by atoms with Gasteiger partial charge < -0.3 is 5.11 Å². The summed E-state index contributed by atoms with van der Waals surface area (Å²) < 4.78 is 40.8. The van der Waals surface area contributed by atoms with E-state index >= 15 is 0 Å². The molecule has 0 spiro atoms. The molecular weight excluding hydrogens is 379 g/mol. The fourth-order valence-electron chi connectivity index (χ4n) is 1.94. The molecule has 0 fully saturated rings. The van der Waals surface area contributed by atoms with E-state index in [4.69, 9.17) is 0 Å². The average molecular weight is 388 g/mol. The third-order valence-corrected chi connectivity index (χ3v) is 3.70. The summed E-state index contributed by atoms with van der Waals surface area (Å²) in [7, 11) is 0. The highest BCUT2D eigenvalue weighted by atomic mass is 79.9. The van der Waals surface area contributed by atoms with E-state index in [0.717, 1.165) is 12.4 Å². The molecule has 1 unspecified atom stereocenters. The fraction of sp³-hybridized carbons (Fsp3) is 0.231. The molecule has 0 aromatic carbocycles. The summed E-state index contributed by atoms with van der Waals surface area (Å²) in [6.07, 6.45) is 1.77. The van der Waals surface area contributed by atoms with Gasteiger partial charge in [0.2, 0.25) is 5.60 Å². The van der Waals surface area contributed by atoms with Crippen molar-refractivity contribution >= 4 is 21.6 Å². The van der Waals surface area contributed by atoms with E-state index in [9.17, 15) is 18.3 Å². The van der Waals surface area contributed by atoms with E-state index < -0.39 is 17.5 Å². The monoisotopic (exact) mass is 387 g/mol. The standard InChI is InChI=1S/C13H9BrF3N5O/c1-12(23,13(15,16)17)9-6-22-8(3-20-11(22)5-19-9)7-2-18-4-10(14)21-7/h2-6,23H,1H3. The Morgan fingerprint density at radius 3 is 2.52 bits per heavy atom. The van der Waals surface area contributed by atoms with E-state index in [-0.39, 0.29) is 0 Å². The minimum atomic E-state index is -4.86. The van der Waals surface area contributed by atoms with Gasteiger partial charge in [0.15, 0.2) is 5.65 Å². The minimum Gasteiger partial charge on any atom is -0.375 e. The van der Waals surface area contributed by atoms with Crippen molar-refractivity contribution in [2.45, 2.75) is 18.7 Å². The van der Waals surface area contributed by atoms with Crippen molar-refractivity contribution in [3.63, 3.8) is 0 Å². The summed E-state index contributed by atoms with van der Waals surface area (Å²) in [6, 6.07) is 0. The van der Waals surface area contributed by atoms with E-state index in [1.165, 1.54) is 23.0 Å². The molecule has 0 amide bonds. The highest BCUT2D eigenvalue weighted by Gasteiger charge is 2.52. The van der Waals surface area contributed by atoms with E-state index in [0.29, 0.717) is 28.6 Å². The van der Waals surface area contributed by atoms with E-state index in [1.807, 2.05) is 0 Å². The summed E-state index contributed by atoms with van der Waals surface area (Å²) in [5, 5.41) is 9.77. The average Bonchev–Trinajstić information content (AvgIpc) is 2.89. The van der Waals surface area contributed by atoms with Crippen molar-refractivity contribution in [3.05, 3.63) is 41.3 Å². The number of halogens is 4. The predicted molar refractivity (Wildman–Crippen MR) is 77.3 cm³/mol. The molecule has 10 heteroatoms. The predicted octanol–water partition coefficient (Wildman–Crippen LogP) is 2.72. The van der Waals surface area contributed by atoms with Crippen LogP contribution in [0.1, 0.15) is 12.6 Å². The zero-order valence-electron chi connectivity index (χ0n) is 11.6. The second-order valence-corrected chi connectivity index (χ2v) is 5.75. The van der Waals surface area contributed by atoms with Crippen LogP contribution >= 0.6 is 15.9 Å². The maximum Gasteiger partial charge on any atom is 0.422 e. The molecule has 120 valence electrons. The second-order valence-electron chi connectivity index (χ2n) is 4.94. The van der Waals surface area contributed by atoms with Crippen LogP contribution in [0.5, 0.6) is 0 Å². The highest BCUT2D eigenvalue weighted by Crippen LogP contribution is 2.37. The van der Waals surface area contributed by atoms with Crippen molar-refractivity contribution < 1.29 is 18.3 Å². The summed E-state index contributed by atoms with van der Waals surface area (Å²) in [4.78, 5) is 15.9. The lowest BCUT2D eigenvalue weighted by molar-refractivity contribution is -0.260. The Morgan fingerprint density at radius 2 is 1.87 bits per heavy atom. The van der Waals surface area contributed by atoms with Crippen molar-refractivity contribution in [3.8, 4) is 11.4 Å². The first kappa shape index (κ1) is 15.8. The molecule has 0 saturated heterocycles. The quantitative estimate of drug-likeness (QED) is 0.731. The molecule has 0 aliphatic rings. The third-order valence-electron chi connectivity index (χ3n) is 3.31. The largest absolute Gasteiger partial charge is 0.422 e. The van der Waals surface area contributed by atoms with Crippen molar-refractivity contribution in [2.24, 2.45) is 0 Å². The summed E-state index contributed by atoms with van der Waals surface area (Å²) >= 11 is 3.18. The zero-order chi connectivity index (χ0) is 16.8. The van der Waals surface area contributed by atoms with Crippen LogP contribution < -0.4 is 0 Å². The van der Waals surface area contributed by atoms with Gasteiger partial charge in [-0.3, -0.25) is 14.4 Å². The molecule has 3 aromatic rings. The summed E-state index contributed by atoms with van der Waals surface area (Å²) in [5.74, 6) is 0. The molecule has 3 heterocycles. The molecular formula is C13H9BrF3N5O. The minimum absolute atomic E-state index is 0.323. The normalized spacial score (nSPS) is 14.9. The summed E-state index contributed by atoms with van der Waals surface area (Å²) in [6.45, 7) is 0.649. The number of aromatic nitrogens is 5. The molecule has 1 atom stereocenters. The van der Waals surface area contributed by atoms with Crippen molar-refractivity contribution in [1.29, 1.82) is 0 Å². The van der Waals surface area contributed by atoms with Crippen LogP contribution in [0.15, 0.2) is 35.6 Å². The van der Waals surface area contributed by atoms with Gasteiger partial charge >= 0.3 is 6.18 Å². The number of fused-ring (bicyclic) bond motifs is 1. The van der Waals surface area contributed by atoms with E-state index in [2.05, 4.69) is 35.9 Å². The van der Waals surface area contributed by atoms with Crippen LogP contribution in [0.4, 0.5) is 13.2 Å². The van der Waals surface area contributed by atoms with Crippen molar-refractivity contribution in [1.82, 2.24) is 24.3 Å². The lowest BCUT2D eigenvalue weighted by Crippen LogP contribution is -2.40. The number of nitrogens with zero attached hydrogens (tertiary/aromatic N) is 5. The number of rotatable bonds is 2. The molecule has 23 heavy (non-hydrogen) atoms. The molecule has 0 bridgehead atoms. The van der Waals surface area contributed by atoms with Crippen LogP contribution in [0.3, 0.4) is 0 Å². The van der Waals surface area contributed by atoms with E-state index in [1.54, 1.807) is 0 Å². The van der Waals surface area contributed by atoms with Gasteiger partial charge in [-0.1, -0.05) is 0 Å². The van der Waals surface area contributed by atoms with Gasteiger partial charge in [-0.2, -0.15) is 13.2 Å². The lowest BCUT2D eigenvalue weighted by atomic mass is 10.0. The van der Waals surface area contributed by atoms with Crippen molar-refractivity contribution in [2.75, 3.05) is 0 Å². The van der Waals surface area contributed by atoms with Crippen LogP contribution in [-0.4, -0.2) is 35.6 Å². The zero-order valence-corrected chi connectivity index (χ0v) is 13.2. The first-order valence-corrected chi connectivity index (χ1v) is 7.10. The Bertz CT molecular complexity index is 877. The number of hydrogen-bond acceptors (Lipinski definition) is 5. The van der Waals surface area contributed by atoms with Crippen LogP contribution in [-0.2, 0) is 5.60 Å². The first-order chi connectivity index (χ1) is 10.7. The number of aliphatic hydroxyl groups is 1. The smallest absolute Gasteiger partial charge is 0.375 e. The molecule has 0 aliphatic carbocycles. The van der Waals surface area contributed by atoms with Crippen LogP contribution in [0, 0.1) is 0 Å². The Morgan fingerprint density at radius 1 is 1.13 bits per heavy atom. The number of imidazole rings is 1. The molecule has 0 radical (unpaired) electrons. The maximum absolute atomic E-state index is 13.0. The van der Waals surface area contributed by atoms with Crippen LogP contribution in [0.25, 0.3) is 17.0 Å². The third kappa shape index (κ3) is 2.68. The van der Waals surface area contributed by atoms with Gasteiger partial charge in [-0.25, -0.2) is 9.97 Å². The second kappa shape index (κ2) is 5.24. The Labute approximate surface area is 136 Å². The molecule has 1 N–H and O–H groups in total. The molecule has 0 aliphatic heterocycles. The van der Waals surface area contributed by atoms with Gasteiger partial charge in [0.1, 0.15) is 10.3 Å². The number of alkyl halides is 3. The SMILES string of the molecule is CC(O)(c1cn2c(-c3cncc(Br)n3)cnc2cn1)C(F)(F)F. The Kier molecular flexibility index (Phi) is 3.60. The van der Waals surface area contributed by atoms with Crippen LogP contribution in [0.2, 0.25) is 0 Å². The van der Waals surface area contributed by atoms with Gasteiger partial charge in [-0.15, -0.1) is 0 Å². The fourth-order valence-corrected chi connectivity index (χ4v) is 2.25.